The van der Waals surface area contributed by atoms with Gasteiger partial charge in [0.05, 0.1) is 11.1 Å². The summed E-state index contributed by atoms with van der Waals surface area (Å²) in [5.74, 6) is -0.376. The van der Waals surface area contributed by atoms with Gasteiger partial charge in [0.25, 0.3) is 0 Å². The molecule has 1 fully saturated rings. The zero-order chi connectivity index (χ0) is 17.9. The number of hydrogen-bond donors (Lipinski definition) is 0. The summed E-state index contributed by atoms with van der Waals surface area (Å²) in [6.07, 6.45) is 6.69. The lowest BCUT2D eigenvalue weighted by atomic mass is 9.45. The van der Waals surface area contributed by atoms with E-state index in [1.54, 1.807) is 18.2 Å². The van der Waals surface area contributed by atoms with Gasteiger partial charge in [-0.1, -0.05) is 39.8 Å². The third-order valence-corrected chi connectivity index (χ3v) is 6.26. The van der Waals surface area contributed by atoms with Crippen LogP contribution in [0.1, 0.15) is 40.5 Å². The van der Waals surface area contributed by atoms with Crippen LogP contribution in [0.2, 0.25) is 0 Å². The summed E-state index contributed by atoms with van der Waals surface area (Å²) in [5.41, 5.74) is -0.312. The van der Waals surface area contributed by atoms with Gasteiger partial charge < -0.3 is 0 Å². The fourth-order valence-electron chi connectivity index (χ4n) is 5.08. The van der Waals surface area contributed by atoms with Crippen molar-refractivity contribution in [2.75, 3.05) is 0 Å². The van der Waals surface area contributed by atoms with Gasteiger partial charge in [-0.25, -0.2) is 0 Å². The predicted molar refractivity (Wildman–Crippen MR) is 88.2 cm³/mol. The Balaban J connectivity index is 2.26. The Labute approximate surface area is 142 Å². The van der Waals surface area contributed by atoms with Gasteiger partial charge in [-0.15, -0.1) is 0 Å². The summed E-state index contributed by atoms with van der Waals surface area (Å²) in [6.45, 7) is 7.85. The van der Waals surface area contributed by atoms with E-state index >= 15 is 0 Å². The van der Waals surface area contributed by atoms with Crippen LogP contribution >= 0.6 is 0 Å². The fourth-order valence-corrected chi connectivity index (χ4v) is 5.08. The van der Waals surface area contributed by atoms with Crippen LogP contribution in [0.15, 0.2) is 34.9 Å². The molecular formula is C20H20N2O2. The molecule has 0 aliphatic heterocycles. The lowest BCUT2D eigenvalue weighted by molar-refractivity contribution is -0.130. The Hall–Kier alpha value is -2.46. The summed E-state index contributed by atoms with van der Waals surface area (Å²) < 4.78 is 0. The molecule has 0 spiro atoms. The molecule has 0 aromatic heterocycles. The Kier molecular flexibility index (Phi) is 3.26. The lowest BCUT2D eigenvalue weighted by Crippen LogP contribution is -2.53. The number of carbonyl (C=O) groups excluding carboxylic acids is 2. The summed E-state index contributed by atoms with van der Waals surface area (Å²) in [7, 11) is 0. The standard InChI is InChI=1S/C20H20N2O2/c1-18(2)15-5-6-19(3)8-12(10-21)14(23)7-16(19)20(15,4)9-13(11-22)17(18)24/h7-9,15H,5-6H2,1-4H3/t15?,19-,20-/m1/s1. The van der Waals surface area contributed by atoms with Crippen LogP contribution in [-0.2, 0) is 9.59 Å². The highest BCUT2D eigenvalue weighted by Gasteiger charge is 2.58. The molecule has 3 aliphatic carbocycles. The average Bonchev–Trinajstić information content (AvgIpc) is 2.52. The van der Waals surface area contributed by atoms with Crippen molar-refractivity contribution in [3.8, 4) is 12.1 Å². The molecule has 3 atom stereocenters. The van der Waals surface area contributed by atoms with Gasteiger partial charge in [-0.05, 0) is 30.4 Å². The number of nitriles is 2. The molecular weight excluding hydrogens is 300 g/mol. The van der Waals surface area contributed by atoms with Crippen molar-refractivity contribution < 1.29 is 9.59 Å². The first-order valence-electron chi connectivity index (χ1n) is 8.18. The van der Waals surface area contributed by atoms with Gasteiger partial charge in [0.1, 0.15) is 12.1 Å². The number of Topliss-reactive ketones (excluding diaryl/α,β-unsaturated/α-hetero) is 1. The number of allylic oxidation sites excluding steroid dienone is 6. The first-order valence-corrected chi connectivity index (χ1v) is 8.18. The second kappa shape index (κ2) is 4.77. The molecule has 1 saturated carbocycles. The van der Waals surface area contributed by atoms with Gasteiger partial charge in [-0.2, -0.15) is 10.5 Å². The first-order chi connectivity index (χ1) is 11.1. The van der Waals surface area contributed by atoms with E-state index < -0.39 is 16.2 Å². The van der Waals surface area contributed by atoms with Crippen molar-refractivity contribution in [2.24, 2.45) is 22.2 Å². The summed E-state index contributed by atoms with van der Waals surface area (Å²) in [5, 5.41) is 18.6. The van der Waals surface area contributed by atoms with E-state index in [0.29, 0.717) is 0 Å². The van der Waals surface area contributed by atoms with Crippen LogP contribution in [0.3, 0.4) is 0 Å². The molecule has 0 aromatic rings. The molecule has 0 N–H and O–H groups in total. The highest BCUT2D eigenvalue weighted by molar-refractivity contribution is 6.09. The number of nitrogens with zero attached hydrogens (tertiary/aromatic N) is 2. The van der Waals surface area contributed by atoms with E-state index in [1.807, 2.05) is 39.8 Å². The molecule has 24 heavy (non-hydrogen) atoms. The number of rotatable bonds is 0. The predicted octanol–water partition coefficient (Wildman–Crippen LogP) is 3.43. The number of fused-ring (bicyclic) bond motifs is 3. The third kappa shape index (κ3) is 1.89. The zero-order valence-electron chi connectivity index (χ0n) is 14.4. The van der Waals surface area contributed by atoms with Gasteiger partial charge >= 0.3 is 0 Å². The largest absolute Gasteiger partial charge is 0.293 e. The van der Waals surface area contributed by atoms with Crippen LogP contribution in [0, 0.1) is 44.8 Å². The zero-order valence-corrected chi connectivity index (χ0v) is 14.4. The van der Waals surface area contributed by atoms with E-state index in [4.69, 9.17) is 0 Å². The average molecular weight is 320 g/mol. The minimum Gasteiger partial charge on any atom is -0.293 e. The highest BCUT2D eigenvalue weighted by Crippen LogP contribution is 2.63. The Bertz CT molecular complexity index is 844. The highest BCUT2D eigenvalue weighted by atomic mass is 16.1. The number of ketones is 2. The van der Waals surface area contributed by atoms with E-state index in [-0.39, 0.29) is 28.6 Å². The third-order valence-electron chi connectivity index (χ3n) is 6.26. The van der Waals surface area contributed by atoms with E-state index in [1.165, 1.54) is 0 Å². The van der Waals surface area contributed by atoms with E-state index in [9.17, 15) is 20.1 Å². The molecule has 0 saturated heterocycles. The molecule has 3 rings (SSSR count). The summed E-state index contributed by atoms with van der Waals surface area (Å²) >= 11 is 0. The first kappa shape index (κ1) is 16.4. The van der Waals surface area contributed by atoms with E-state index in [2.05, 4.69) is 0 Å². The maximum atomic E-state index is 12.6. The van der Waals surface area contributed by atoms with Gasteiger partial charge in [0.2, 0.25) is 0 Å². The maximum absolute atomic E-state index is 12.6. The number of carbonyl (C=O) groups is 2. The van der Waals surface area contributed by atoms with Gasteiger partial charge in [0, 0.05) is 16.2 Å². The number of hydrogen-bond acceptors (Lipinski definition) is 4. The van der Waals surface area contributed by atoms with Crippen LogP contribution in [0.4, 0.5) is 0 Å². The van der Waals surface area contributed by atoms with Gasteiger partial charge in [-0.3, -0.25) is 9.59 Å². The summed E-state index contributed by atoms with van der Waals surface area (Å²) in [6, 6.07) is 4.02. The van der Waals surface area contributed by atoms with E-state index in [0.717, 1.165) is 18.4 Å². The topological polar surface area (TPSA) is 81.7 Å². The smallest absolute Gasteiger partial charge is 0.196 e. The lowest BCUT2D eigenvalue weighted by Gasteiger charge is -2.57. The quantitative estimate of drug-likeness (QED) is 0.684. The minimum absolute atomic E-state index is 0.0266. The monoisotopic (exact) mass is 320 g/mol. The molecule has 1 unspecified atom stereocenters. The normalized spacial score (nSPS) is 37.1. The van der Waals surface area contributed by atoms with Crippen molar-refractivity contribution in [3.05, 3.63) is 34.9 Å². The Morgan fingerprint density at radius 1 is 1.04 bits per heavy atom. The maximum Gasteiger partial charge on any atom is 0.196 e. The van der Waals surface area contributed by atoms with Crippen molar-refractivity contribution in [1.82, 2.24) is 0 Å². The molecule has 0 amide bonds. The Morgan fingerprint density at radius 3 is 2.25 bits per heavy atom. The SMILES string of the molecule is CC1(C)C(=O)C(C#N)=C[C@@]2(C)C3=CC(=O)C(C#N)=C[C@@]3(C)CCC12. The van der Waals surface area contributed by atoms with Crippen LogP contribution in [-0.4, -0.2) is 11.6 Å². The molecule has 4 nitrogen and oxygen atoms in total. The second-order valence-electron chi connectivity index (χ2n) is 8.10. The fraction of sp³-hybridized carbons (Fsp3) is 0.500. The van der Waals surface area contributed by atoms with Crippen LogP contribution in [0.5, 0.6) is 0 Å². The molecule has 4 heteroatoms. The van der Waals surface area contributed by atoms with Crippen molar-refractivity contribution in [2.45, 2.75) is 40.5 Å². The van der Waals surface area contributed by atoms with Crippen LogP contribution in [0.25, 0.3) is 0 Å². The molecule has 0 heterocycles. The second-order valence-corrected chi connectivity index (χ2v) is 8.10. The summed E-state index contributed by atoms with van der Waals surface area (Å²) in [4.78, 5) is 24.9. The van der Waals surface area contributed by atoms with Crippen LogP contribution < -0.4 is 0 Å². The molecule has 122 valence electrons. The van der Waals surface area contributed by atoms with Crippen molar-refractivity contribution in [1.29, 1.82) is 10.5 Å². The van der Waals surface area contributed by atoms with Crippen molar-refractivity contribution in [3.63, 3.8) is 0 Å². The molecule has 0 bridgehead atoms. The molecule has 3 aliphatic rings. The van der Waals surface area contributed by atoms with Crippen molar-refractivity contribution >= 4 is 11.6 Å². The minimum atomic E-state index is -0.654. The molecule has 0 radical (unpaired) electrons. The van der Waals surface area contributed by atoms with Gasteiger partial charge in [0.15, 0.2) is 11.6 Å². The Morgan fingerprint density at radius 2 is 1.67 bits per heavy atom. The molecule has 0 aromatic carbocycles.